The van der Waals surface area contributed by atoms with Gasteiger partial charge in [-0.25, -0.2) is 0 Å². The van der Waals surface area contributed by atoms with Gasteiger partial charge in [-0.15, -0.1) is 0 Å². The van der Waals surface area contributed by atoms with E-state index in [1.165, 1.54) is 11.6 Å². The van der Waals surface area contributed by atoms with Gasteiger partial charge in [0, 0.05) is 41.4 Å². The summed E-state index contributed by atoms with van der Waals surface area (Å²) in [6, 6.07) is 11.7. The van der Waals surface area contributed by atoms with Gasteiger partial charge in [0.1, 0.15) is 5.75 Å². The first-order valence-electron chi connectivity index (χ1n) is 8.96. The van der Waals surface area contributed by atoms with Crippen LogP contribution in [-0.4, -0.2) is 44.2 Å². The van der Waals surface area contributed by atoms with E-state index in [0.29, 0.717) is 5.75 Å². The van der Waals surface area contributed by atoms with E-state index in [9.17, 15) is 4.79 Å². The number of nitrogens with zero attached hydrogens (tertiary/aromatic N) is 1. The quantitative estimate of drug-likeness (QED) is 0.573. The number of benzene rings is 2. The molecule has 1 heterocycles. The number of hydrogen-bond donors (Lipinski definition) is 1. The molecule has 2 aromatic carbocycles. The van der Waals surface area contributed by atoms with Crippen LogP contribution in [0.15, 0.2) is 51.4 Å². The number of methoxy groups -OCH3 is 1. The van der Waals surface area contributed by atoms with Gasteiger partial charge in [-0.3, -0.25) is 9.69 Å². The summed E-state index contributed by atoms with van der Waals surface area (Å²) in [5, 5.41) is 2.89. The smallest absolute Gasteiger partial charge is 0.248 e. The predicted octanol–water partition coefficient (Wildman–Crippen LogP) is 4.70. The zero-order valence-corrected chi connectivity index (χ0v) is 18.8. The van der Waals surface area contributed by atoms with Gasteiger partial charge in [-0.1, -0.05) is 28.1 Å². The summed E-state index contributed by atoms with van der Waals surface area (Å²) in [5.41, 5.74) is 2.79. The number of morpholine rings is 1. The van der Waals surface area contributed by atoms with Crippen LogP contribution >= 0.6 is 31.9 Å². The van der Waals surface area contributed by atoms with E-state index in [2.05, 4.69) is 42.1 Å². The van der Waals surface area contributed by atoms with Gasteiger partial charge in [0.25, 0.3) is 0 Å². The summed E-state index contributed by atoms with van der Waals surface area (Å²) in [6.07, 6.45) is 3.23. The maximum atomic E-state index is 12.3. The Hall–Kier alpha value is -1.67. The Kier molecular flexibility index (Phi) is 7.67. The molecule has 0 spiro atoms. The average molecular weight is 510 g/mol. The highest BCUT2D eigenvalue weighted by Gasteiger charge is 2.11. The van der Waals surface area contributed by atoms with E-state index in [4.69, 9.17) is 9.47 Å². The molecule has 3 rings (SSSR count). The van der Waals surface area contributed by atoms with Gasteiger partial charge >= 0.3 is 0 Å². The third-order valence-electron chi connectivity index (χ3n) is 4.39. The van der Waals surface area contributed by atoms with Crippen molar-refractivity contribution in [2.75, 3.05) is 38.7 Å². The van der Waals surface area contributed by atoms with E-state index in [1.807, 2.05) is 36.4 Å². The molecule has 5 nitrogen and oxygen atoms in total. The van der Waals surface area contributed by atoms with Gasteiger partial charge in [0.2, 0.25) is 5.91 Å². The summed E-state index contributed by atoms with van der Waals surface area (Å²) in [4.78, 5) is 14.6. The van der Waals surface area contributed by atoms with Gasteiger partial charge in [-0.05, 0) is 51.8 Å². The largest absolute Gasteiger partial charge is 0.495 e. The van der Waals surface area contributed by atoms with Crippen LogP contribution in [0, 0.1) is 0 Å². The second kappa shape index (κ2) is 10.2. The van der Waals surface area contributed by atoms with Crippen molar-refractivity contribution in [3.05, 3.63) is 62.5 Å². The highest BCUT2D eigenvalue weighted by molar-refractivity contribution is 9.11. The fourth-order valence-electron chi connectivity index (χ4n) is 2.98. The molecule has 28 heavy (non-hydrogen) atoms. The van der Waals surface area contributed by atoms with Crippen LogP contribution in [0.4, 0.5) is 5.69 Å². The fourth-order valence-corrected chi connectivity index (χ4v) is 4.40. The van der Waals surface area contributed by atoms with E-state index in [0.717, 1.165) is 53.0 Å². The number of hydrogen-bond acceptors (Lipinski definition) is 4. The van der Waals surface area contributed by atoms with E-state index < -0.39 is 0 Å². The fraction of sp³-hybridized carbons (Fsp3) is 0.286. The molecule has 148 valence electrons. The number of amides is 1. The highest BCUT2D eigenvalue weighted by Crippen LogP contribution is 2.33. The molecule has 1 fully saturated rings. The topological polar surface area (TPSA) is 50.8 Å². The van der Waals surface area contributed by atoms with Crippen molar-refractivity contribution in [1.82, 2.24) is 4.90 Å². The first kappa shape index (κ1) is 21.0. The first-order valence-corrected chi connectivity index (χ1v) is 10.5. The molecule has 1 N–H and O–H groups in total. The molecule has 0 atom stereocenters. The number of carbonyl (C=O) groups excluding carboxylic acids is 1. The Morgan fingerprint density at radius 3 is 2.61 bits per heavy atom. The highest BCUT2D eigenvalue weighted by atomic mass is 79.9. The SMILES string of the molecule is COc1c(Br)cc(Br)cc1C=CC(=O)Nc1ccc(CN2CCOCC2)cc1. The lowest BCUT2D eigenvalue weighted by molar-refractivity contribution is -0.111. The average Bonchev–Trinajstić information content (AvgIpc) is 2.68. The summed E-state index contributed by atoms with van der Waals surface area (Å²) in [7, 11) is 1.60. The molecule has 0 aliphatic carbocycles. The van der Waals surface area contributed by atoms with Crippen molar-refractivity contribution in [3.8, 4) is 5.75 Å². The van der Waals surface area contributed by atoms with Crippen molar-refractivity contribution < 1.29 is 14.3 Å². The van der Waals surface area contributed by atoms with Crippen molar-refractivity contribution in [2.24, 2.45) is 0 Å². The Morgan fingerprint density at radius 1 is 1.21 bits per heavy atom. The zero-order chi connectivity index (χ0) is 19.9. The number of carbonyl (C=O) groups is 1. The lowest BCUT2D eigenvalue weighted by Crippen LogP contribution is -2.35. The van der Waals surface area contributed by atoms with Crippen LogP contribution in [-0.2, 0) is 16.1 Å². The predicted molar refractivity (Wildman–Crippen MR) is 119 cm³/mol. The lowest BCUT2D eigenvalue weighted by Gasteiger charge is -2.26. The molecule has 1 saturated heterocycles. The Labute approximate surface area is 182 Å². The molecule has 1 aliphatic rings. The monoisotopic (exact) mass is 508 g/mol. The molecule has 7 heteroatoms. The standard InChI is InChI=1S/C21H22Br2N2O3/c1-27-21-16(12-17(22)13-19(21)23)4-7-20(26)24-18-5-2-15(3-6-18)14-25-8-10-28-11-9-25/h2-7,12-13H,8-11,14H2,1H3,(H,24,26). The van der Waals surface area contributed by atoms with Gasteiger partial charge in [-0.2, -0.15) is 0 Å². The normalized spacial score (nSPS) is 15.0. The lowest BCUT2D eigenvalue weighted by atomic mass is 10.1. The molecule has 0 unspecified atom stereocenters. The van der Waals surface area contributed by atoms with Crippen molar-refractivity contribution in [1.29, 1.82) is 0 Å². The van der Waals surface area contributed by atoms with Crippen LogP contribution in [0.1, 0.15) is 11.1 Å². The third kappa shape index (κ3) is 5.91. The van der Waals surface area contributed by atoms with Crippen LogP contribution in [0.25, 0.3) is 6.08 Å². The Morgan fingerprint density at radius 2 is 1.93 bits per heavy atom. The van der Waals surface area contributed by atoms with Crippen LogP contribution in [0.2, 0.25) is 0 Å². The number of rotatable bonds is 6. The van der Waals surface area contributed by atoms with Crippen molar-refractivity contribution in [3.63, 3.8) is 0 Å². The minimum Gasteiger partial charge on any atom is -0.495 e. The number of anilines is 1. The van der Waals surface area contributed by atoms with Gasteiger partial charge < -0.3 is 14.8 Å². The molecule has 1 amide bonds. The maximum absolute atomic E-state index is 12.3. The minimum atomic E-state index is -0.195. The molecule has 0 aromatic heterocycles. The van der Waals surface area contributed by atoms with E-state index >= 15 is 0 Å². The number of nitrogens with one attached hydrogen (secondary N) is 1. The zero-order valence-electron chi connectivity index (χ0n) is 15.6. The molecule has 0 bridgehead atoms. The summed E-state index contributed by atoms with van der Waals surface area (Å²) < 4.78 is 12.5. The molecular formula is C21H22Br2N2O3. The summed E-state index contributed by atoms with van der Waals surface area (Å²) in [5.74, 6) is 0.485. The van der Waals surface area contributed by atoms with Crippen molar-refractivity contribution in [2.45, 2.75) is 6.54 Å². The molecular weight excluding hydrogens is 488 g/mol. The van der Waals surface area contributed by atoms with Gasteiger partial charge in [0.15, 0.2) is 0 Å². The summed E-state index contributed by atoms with van der Waals surface area (Å²) >= 11 is 6.91. The summed E-state index contributed by atoms with van der Waals surface area (Å²) in [6.45, 7) is 4.39. The third-order valence-corrected chi connectivity index (χ3v) is 5.43. The second-order valence-electron chi connectivity index (χ2n) is 6.42. The Bertz CT molecular complexity index is 847. The molecule has 1 aliphatic heterocycles. The van der Waals surface area contributed by atoms with Crippen LogP contribution < -0.4 is 10.1 Å². The van der Waals surface area contributed by atoms with Crippen LogP contribution in [0.3, 0.4) is 0 Å². The van der Waals surface area contributed by atoms with Gasteiger partial charge in [0.05, 0.1) is 24.8 Å². The molecule has 2 aromatic rings. The van der Waals surface area contributed by atoms with Crippen LogP contribution in [0.5, 0.6) is 5.75 Å². The van der Waals surface area contributed by atoms with E-state index in [1.54, 1.807) is 13.2 Å². The molecule has 0 saturated carbocycles. The first-order chi connectivity index (χ1) is 13.5. The van der Waals surface area contributed by atoms with Crippen molar-refractivity contribution >= 4 is 49.5 Å². The second-order valence-corrected chi connectivity index (χ2v) is 8.19. The van der Waals surface area contributed by atoms with E-state index in [-0.39, 0.29) is 5.91 Å². The number of halogens is 2. The Balaban J connectivity index is 1.59. The minimum absolute atomic E-state index is 0.195. The number of ether oxygens (including phenoxy) is 2. The maximum Gasteiger partial charge on any atom is 0.248 e. The molecule has 0 radical (unpaired) electrons.